The van der Waals surface area contributed by atoms with Crippen LogP contribution in [0.1, 0.15) is 61.9 Å². The highest BCUT2D eigenvalue weighted by Gasteiger charge is 2.34. The minimum atomic E-state index is -4.58. The van der Waals surface area contributed by atoms with Gasteiger partial charge in [0.2, 0.25) is 0 Å². The smallest absolute Gasteiger partial charge is 0.293 e. The van der Waals surface area contributed by atoms with Gasteiger partial charge in [0.1, 0.15) is 11.2 Å². The van der Waals surface area contributed by atoms with Crippen LogP contribution < -0.4 is 14.9 Å². The van der Waals surface area contributed by atoms with E-state index >= 15 is 0 Å². The zero-order valence-corrected chi connectivity index (χ0v) is 38.6. The van der Waals surface area contributed by atoms with Crippen LogP contribution in [-0.4, -0.2) is 120 Å². The molecule has 18 heteroatoms. The van der Waals surface area contributed by atoms with Crippen LogP contribution in [0.5, 0.6) is 0 Å². The third-order valence-electron chi connectivity index (χ3n) is 13.5. The molecule has 3 N–H and O–H groups in total. The minimum absolute atomic E-state index is 0.0674. The number of ether oxygens (including phenoxy) is 1. The summed E-state index contributed by atoms with van der Waals surface area (Å²) in [6, 6.07) is 21.5. The Morgan fingerprint density at radius 1 is 1.02 bits per heavy atom. The highest BCUT2D eigenvalue weighted by atomic mass is 35.5. The number of rotatable bonds is 13. The molecule has 6 aromatic rings. The number of sulfonamides is 1. The number of benzene rings is 3. The molecule has 2 saturated heterocycles. The lowest BCUT2D eigenvalue weighted by molar-refractivity contribution is -0.384. The second kappa shape index (κ2) is 17.8. The molecule has 4 aliphatic rings. The number of fused-ring (bicyclic) bond motifs is 2. The number of hydrogen-bond donors (Lipinski definition) is 3. The Hall–Kier alpha value is -5.85. The predicted molar refractivity (Wildman–Crippen MR) is 256 cm³/mol. The van der Waals surface area contributed by atoms with Gasteiger partial charge >= 0.3 is 0 Å². The summed E-state index contributed by atoms with van der Waals surface area (Å²) in [5.74, 6) is -0.902. The molecule has 344 valence electrons. The van der Waals surface area contributed by atoms with Crippen molar-refractivity contribution in [3.63, 3.8) is 0 Å². The Bertz CT molecular complexity index is 2970. The highest BCUT2D eigenvalue weighted by Crippen LogP contribution is 2.43. The number of amides is 1. The second-order valence-electron chi connectivity index (χ2n) is 18.7. The molecular weight excluding hydrogens is 880 g/mol. The third-order valence-corrected chi connectivity index (χ3v) is 15.1. The molecule has 10 rings (SSSR count). The predicted octanol–water partition coefficient (Wildman–Crippen LogP) is 7.64. The average molecular weight is 934 g/mol. The maximum atomic E-state index is 14.3. The van der Waals surface area contributed by atoms with E-state index in [1.165, 1.54) is 41.7 Å². The van der Waals surface area contributed by atoms with Gasteiger partial charge in [-0.2, -0.15) is 0 Å². The van der Waals surface area contributed by atoms with Crippen LogP contribution in [0.3, 0.4) is 0 Å². The monoisotopic (exact) mass is 932 g/mol. The van der Waals surface area contributed by atoms with E-state index in [0.29, 0.717) is 41.6 Å². The van der Waals surface area contributed by atoms with Crippen LogP contribution >= 0.6 is 11.6 Å². The van der Waals surface area contributed by atoms with Gasteiger partial charge in [0.25, 0.3) is 21.6 Å². The first-order valence-electron chi connectivity index (χ1n) is 22.6. The fourth-order valence-electron chi connectivity index (χ4n) is 9.68. The summed E-state index contributed by atoms with van der Waals surface area (Å²) in [6.45, 7) is 11.2. The Balaban J connectivity index is 0.894. The number of carbonyl (C=O) groups excluding carboxylic acids is 1. The van der Waals surface area contributed by atoms with Crippen LogP contribution in [-0.2, 0) is 14.8 Å². The van der Waals surface area contributed by atoms with Gasteiger partial charge in [0, 0.05) is 93.0 Å². The van der Waals surface area contributed by atoms with Gasteiger partial charge in [-0.1, -0.05) is 43.2 Å². The molecule has 3 fully saturated rings. The Kier molecular flexibility index (Phi) is 11.8. The van der Waals surface area contributed by atoms with E-state index in [-0.39, 0.29) is 22.8 Å². The van der Waals surface area contributed by atoms with Crippen molar-refractivity contribution in [3.05, 3.63) is 117 Å². The lowest BCUT2D eigenvalue weighted by Gasteiger charge is -2.39. The molecule has 1 saturated carbocycles. The molecule has 1 atom stereocenters. The fourth-order valence-corrected chi connectivity index (χ4v) is 10.8. The number of hydrogen-bond acceptors (Lipinski definition) is 12. The van der Waals surface area contributed by atoms with Crippen molar-refractivity contribution in [3.8, 4) is 5.69 Å². The fraction of sp³-hybridized carbons (Fsp3) is 0.396. The van der Waals surface area contributed by atoms with E-state index < -0.39 is 31.4 Å². The summed E-state index contributed by atoms with van der Waals surface area (Å²) in [5.41, 5.74) is 7.25. The number of aromatic nitrogens is 4. The molecule has 3 aromatic carbocycles. The summed E-state index contributed by atoms with van der Waals surface area (Å²) < 4.78 is 37.7. The van der Waals surface area contributed by atoms with Gasteiger partial charge in [0.15, 0.2) is 5.65 Å². The van der Waals surface area contributed by atoms with Crippen LogP contribution in [0.15, 0.2) is 95.7 Å². The largest absolute Gasteiger partial charge is 0.377 e. The zero-order chi connectivity index (χ0) is 45.7. The number of nitrogens with one attached hydrogen (secondary N) is 3. The molecule has 2 aliphatic heterocycles. The minimum Gasteiger partial charge on any atom is -0.377 e. The maximum Gasteiger partial charge on any atom is 0.293 e. The Labute approximate surface area is 388 Å². The summed E-state index contributed by atoms with van der Waals surface area (Å²) in [5, 5.41) is 20.1. The van der Waals surface area contributed by atoms with E-state index in [1.54, 1.807) is 23.1 Å². The van der Waals surface area contributed by atoms with Crippen molar-refractivity contribution >= 4 is 72.2 Å². The quantitative estimate of drug-likeness (QED) is 0.0761. The number of nitro groups is 1. The summed E-state index contributed by atoms with van der Waals surface area (Å²) in [4.78, 5) is 41.7. The lowest BCUT2D eigenvalue weighted by Crippen LogP contribution is -2.47. The van der Waals surface area contributed by atoms with Crippen molar-refractivity contribution in [2.24, 2.45) is 5.41 Å². The van der Waals surface area contributed by atoms with Crippen molar-refractivity contribution in [2.75, 3.05) is 69.2 Å². The zero-order valence-electron chi connectivity index (χ0n) is 37.0. The number of pyridine rings is 1. The number of allylic oxidation sites excluding steroid dienone is 1. The van der Waals surface area contributed by atoms with Crippen molar-refractivity contribution in [1.29, 1.82) is 0 Å². The number of piperazine rings is 1. The molecule has 0 radical (unpaired) electrons. The van der Waals surface area contributed by atoms with Gasteiger partial charge in [-0.25, -0.2) is 23.1 Å². The molecule has 0 spiro atoms. The number of nitro benzene ring substituents is 1. The van der Waals surface area contributed by atoms with E-state index in [4.69, 9.17) is 16.3 Å². The first-order valence-corrected chi connectivity index (χ1v) is 24.5. The van der Waals surface area contributed by atoms with Crippen molar-refractivity contribution in [2.45, 2.75) is 63.0 Å². The molecule has 1 amide bonds. The number of morpholine rings is 1. The second-order valence-corrected chi connectivity index (χ2v) is 20.8. The number of aromatic amines is 1. The molecule has 0 bridgehead atoms. The first-order chi connectivity index (χ1) is 31.8. The van der Waals surface area contributed by atoms with E-state index in [1.807, 2.05) is 36.4 Å². The normalized spacial score (nSPS) is 19.7. The van der Waals surface area contributed by atoms with E-state index in [9.17, 15) is 23.3 Å². The van der Waals surface area contributed by atoms with E-state index in [0.717, 1.165) is 87.2 Å². The summed E-state index contributed by atoms with van der Waals surface area (Å²) in [7, 11) is -4.58. The molecule has 16 nitrogen and oxygen atoms in total. The van der Waals surface area contributed by atoms with Crippen molar-refractivity contribution in [1.82, 2.24) is 34.3 Å². The standard InChI is InChI=1S/C48H53ClN10O6S/c1-48(2)15-13-33(40(26-48)31-3-5-34(49)6-4-31)29-55-17-19-56(20-18-55)36-9-11-39(43(24-36)58-44-23-32-14-16-50-46(32)53-42(44)28-52-58)47(60)54-66(63,64)38-10-12-41(45(25-38)59(61)62)51-27-37-30-57(21-22-65-37)35-7-8-35/h3-6,9-12,14,16,23-25,28,35,37,51-52H,7-8,13,15,17-22,26-27,29-30H2,1-2H3,(H,54,60)/t37-/m1/s1. The molecule has 3 aromatic heterocycles. The van der Waals surface area contributed by atoms with Gasteiger partial charge in [-0.15, -0.1) is 0 Å². The Morgan fingerprint density at radius 2 is 1.82 bits per heavy atom. The van der Waals surface area contributed by atoms with Crippen molar-refractivity contribution < 1.29 is 22.9 Å². The molecule has 66 heavy (non-hydrogen) atoms. The average Bonchev–Trinajstić information content (AvgIpc) is 3.93. The van der Waals surface area contributed by atoms with Crippen LogP contribution in [0, 0.1) is 15.5 Å². The lowest BCUT2D eigenvalue weighted by atomic mass is 9.72. The highest BCUT2D eigenvalue weighted by molar-refractivity contribution is 7.90. The molecule has 2 aliphatic carbocycles. The van der Waals surface area contributed by atoms with Crippen LogP contribution in [0.2, 0.25) is 5.02 Å². The summed E-state index contributed by atoms with van der Waals surface area (Å²) in [6.07, 6.45) is 8.76. The number of carbonyl (C=O) groups is 1. The SMILES string of the molecule is CC1(C)CCC(CN2CCN(c3ccc(C(=O)NS(=O)(=O)c4ccc(NC[C@@H]5CN(C6CC6)CCO5)c([N+](=O)[O-])c4)c(-n4[nH]cc5nc6nccc6cc54)c3)CC2)=C(c2ccc(Cl)cc2)C1. The van der Waals surface area contributed by atoms with Gasteiger partial charge in [0.05, 0.1) is 39.3 Å². The number of anilines is 2. The van der Waals surface area contributed by atoms with E-state index in [2.05, 4.69) is 65.8 Å². The third kappa shape index (κ3) is 9.27. The topological polar surface area (TPSA) is 184 Å². The summed E-state index contributed by atoms with van der Waals surface area (Å²) >= 11 is 6.26. The molecular formula is C48H53ClN10O6S. The van der Waals surface area contributed by atoms with Gasteiger partial charge < -0.3 is 15.0 Å². The molecule has 0 unspecified atom stereocenters. The maximum absolute atomic E-state index is 14.3. The van der Waals surface area contributed by atoms with Gasteiger partial charge in [-0.3, -0.25) is 34.5 Å². The first kappa shape index (κ1) is 44.0. The Morgan fingerprint density at radius 3 is 2.59 bits per heavy atom. The molecule has 5 heterocycles. The van der Waals surface area contributed by atoms with Crippen LogP contribution in [0.4, 0.5) is 17.1 Å². The number of halogens is 1. The van der Waals surface area contributed by atoms with Crippen LogP contribution in [0.25, 0.3) is 33.3 Å². The number of nitrogens with zero attached hydrogens (tertiary/aromatic N) is 7. The van der Waals surface area contributed by atoms with Gasteiger partial charge in [-0.05, 0) is 103 Å². The number of H-pyrrole nitrogens is 1.